The van der Waals surface area contributed by atoms with E-state index in [9.17, 15) is 0 Å². The first-order valence-electron chi connectivity index (χ1n) is 4.01. The highest BCUT2D eigenvalue weighted by Crippen LogP contribution is 2.17. The molecular weight excluding hydrogens is 142 g/mol. The first-order chi connectivity index (χ1) is 5.03. The van der Waals surface area contributed by atoms with Gasteiger partial charge in [0.25, 0.3) is 0 Å². The second kappa shape index (κ2) is 3.09. The molecule has 1 fully saturated rings. The molecule has 0 bridgehead atoms. The molecule has 0 radical (unpaired) electrons. The van der Waals surface area contributed by atoms with Crippen molar-refractivity contribution in [3.63, 3.8) is 0 Å². The highest BCUT2D eigenvalue weighted by Gasteiger charge is 2.30. The van der Waals surface area contributed by atoms with E-state index in [0.29, 0.717) is 6.10 Å². The van der Waals surface area contributed by atoms with Gasteiger partial charge in [0, 0.05) is 13.1 Å². The van der Waals surface area contributed by atoms with Crippen molar-refractivity contribution in [2.45, 2.75) is 25.6 Å². The molecule has 3 heteroatoms. The second-order valence-electron chi connectivity index (χ2n) is 3.88. The summed E-state index contributed by atoms with van der Waals surface area (Å²) in [7, 11) is 2.06. The summed E-state index contributed by atoms with van der Waals surface area (Å²) >= 11 is 0. The Hall–Kier alpha value is -0.120. The minimum Gasteiger partial charge on any atom is -0.393 e. The molecule has 66 valence electrons. The molecule has 0 aliphatic carbocycles. The third kappa shape index (κ3) is 2.43. The molecule has 0 spiro atoms. The fourth-order valence-electron chi connectivity index (χ4n) is 1.20. The summed E-state index contributed by atoms with van der Waals surface area (Å²) in [5.41, 5.74) is -0.369. The number of likely N-dealkylation sites (tertiary alicyclic amines) is 1. The predicted molar refractivity (Wildman–Crippen MR) is 43.5 cm³/mol. The van der Waals surface area contributed by atoms with Crippen LogP contribution in [0.15, 0.2) is 0 Å². The third-order valence-corrected chi connectivity index (χ3v) is 1.90. The number of aliphatic hydroxyl groups excluding tert-OH is 1. The molecule has 0 aromatic heterocycles. The van der Waals surface area contributed by atoms with Crippen LogP contribution in [0.4, 0.5) is 0 Å². The van der Waals surface area contributed by atoms with E-state index in [1.54, 1.807) is 0 Å². The molecule has 3 nitrogen and oxygen atoms in total. The summed E-state index contributed by atoms with van der Waals surface area (Å²) in [6, 6.07) is 0. The molecule has 0 saturated carbocycles. The lowest BCUT2D eigenvalue weighted by molar-refractivity contribution is -0.142. The number of hydrogen-bond donors (Lipinski definition) is 1. The van der Waals surface area contributed by atoms with Gasteiger partial charge >= 0.3 is 0 Å². The Morgan fingerprint density at radius 3 is 2.45 bits per heavy atom. The summed E-state index contributed by atoms with van der Waals surface area (Å²) in [4.78, 5) is 2.19. The predicted octanol–water partition coefficient (Wildman–Crippen LogP) is 0.0879. The molecule has 0 aromatic rings. The van der Waals surface area contributed by atoms with E-state index in [-0.39, 0.29) is 12.2 Å². The van der Waals surface area contributed by atoms with Crippen LogP contribution < -0.4 is 0 Å². The third-order valence-electron chi connectivity index (χ3n) is 1.90. The quantitative estimate of drug-likeness (QED) is 0.633. The Kier molecular flexibility index (Phi) is 2.52. The largest absolute Gasteiger partial charge is 0.393 e. The van der Waals surface area contributed by atoms with Gasteiger partial charge in [-0.05, 0) is 20.9 Å². The van der Waals surface area contributed by atoms with E-state index in [1.807, 2.05) is 13.8 Å². The van der Waals surface area contributed by atoms with E-state index >= 15 is 0 Å². The van der Waals surface area contributed by atoms with Gasteiger partial charge in [0.05, 0.1) is 18.3 Å². The zero-order valence-electron chi connectivity index (χ0n) is 7.50. The van der Waals surface area contributed by atoms with Crippen molar-refractivity contribution in [1.29, 1.82) is 0 Å². The van der Waals surface area contributed by atoms with Crippen molar-refractivity contribution in [3.8, 4) is 0 Å². The minimum absolute atomic E-state index is 0.0905. The van der Waals surface area contributed by atoms with Crippen molar-refractivity contribution in [2.75, 3.05) is 26.7 Å². The highest BCUT2D eigenvalue weighted by atomic mass is 16.5. The van der Waals surface area contributed by atoms with Gasteiger partial charge in [-0.1, -0.05) is 0 Å². The Bertz CT molecular complexity index is 130. The lowest BCUT2D eigenvalue weighted by atomic mass is 10.1. The molecular formula is C8H17NO2. The van der Waals surface area contributed by atoms with Gasteiger partial charge in [-0.2, -0.15) is 0 Å². The zero-order chi connectivity index (χ0) is 8.48. The van der Waals surface area contributed by atoms with Crippen molar-refractivity contribution in [1.82, 2.24) is 4.90 Å². The van der Waals surface area contributed by atoms with Crippen molar-refractivity contribution in [2.24, 2.45) is 0 Å². The van der Waals surface area contributed by atoms with Crippen molar-refractivity contribution >= 4 is 0 Å². The first kappa shape index (κ1) is 8.97. The van der Waals surface area contributed by atoms with Crippen molar-refractivity contribution < 1.29 is 9.84 Å². The number of rotatable bonds is 3. The summed E-state index contributed by atoms with van der Waals surface area (Å²) in [6.45, 7) is 5.89. The lowest BCUT2D eigenvalue weighted by Gasteiger charge is -2.40. The Morgan fingerprint density at radius 1 is 1.55 bits per heavy atom. The average Bonchev–Trinajstić information content (AvgIpc) is 1.84. The topological polar surface area (TPSA) is 32.7 Å². The van der Waals surface area contributed by atoms with E-state index < -0.39 is 0 Å². The fraction of sp³-hybridized carbons (Fsp3) is 1.00. The number of hydrogen-bond acceptors (Lipinski definition) is 3. The van der Waals surface area contributed by atoms with E-state index in [1.165, 1.54) is 0 Å². The summed E-state index contributed by atoms with van der Waals surface area (Å²) in [5.74, 6) is 0. The molecule has 1 aliphatic heterocycles. The van der Waals surface area contributed by atoms with Crippen LogP contribution in [0.2, 0.25) is 0 Å². The second-order valence-corrected chi connectivity index (χ2v) is 3.88. The molecule has 1 rings (SSSR count). The van der Waals surface area contributed by atoms with Crippen LogP contribution in [0.25, 0.3) is 0 Å². The molecule has 1 heterocycles. The molecule has 1 aliphatic rings. The standard InChI is InChI=1S/C8H17NO2/c1-8(2,6-10)11-7-4-9(3)5-7/h7,10H,4-6H2,1-3H3. The van der Waals surface area contributed by atoms with Gasteiger partial charge in [0.1, 0.15) is 0 Å². The minimum atomic E-state index is -0.369. The number of nitrogens with zero attached hydrogens (tertiary/aromatic N) is 1. The maximum absolute atomic E-state index is 8.89. The van der Waals surface area contributed by atoms with Crippen LogP contribution in [0.1, 0.15) is 13.8 Å². The van der Waals surface area contributed by atoms with Crippen LogP contribution in [0.3, 0.4) is 0 Å². The molecule has 11 heavy (non-hydrogen) atoms. The molecule has 0 aromatic carbocycles. The molecule has 0 atom stereocenters. The molecule has 0 amide bonds. The van der Waals surface area contributed by atoms with E-state index in [0.717, 1.165) is 13.1 Å². The summed E-state index contributed by atoms with van der Waals surface area (Å²) < 4.78 is 5.60. The fourth-order valence-corrected chi connectivity index (χ4v) is 1.20. The zero-order valence-corrected chi connectivity index (χ0v) is 7.50. The van der Waals surface area contributed by atoms with Gasteiger partial charge < -0.3 is 14.7 Å². The van der Waals surface area contributed by atoms with Gasteiger partial charge in [-0.25, -0.2) is 0 Å². The smallest absolute Gasteiger partial charge is 0.0861 e. The summed E-state index contributed by atoms with van der Waals surface area (Å²) in [5, 5.41) is 8.89. The average molecular weight is 159 g/mol. The van der Waals surface area contributed by atoms with Crippen LogP contribution in [-0.2, 0) is 4.74 Å². The normalized spacial score (nSPS) is 21.8. The Morgan fingerprint density at radius 2 is 2.09 bits per heavy atom. The van der Waals surface area contributed by atoms with Crippen LogP contribution in [0, 0.1) is 0 Å². The highest BCUT2D eigenvalue weighted by molar-refractivity contribution is 4.81. The van der Waals surface area contributed by atoms with Crippen LogP contribution >= 0.6 is 0 Å². The SMILES string of the molecule is CN1CC(OC(C)(C)CO)C1. The van der Waals surface area contributed by atoms with E-state index in [2.05, 4.69) is 11.9 Å². The first-order valence-corrected chi connectivity index (χ1v) is 4.01. The molecule has 0 unspecified atom stereocenters. The van der Waals surface area contributed by atoms with Crippen LogP contribution in [-0.4, -0.2) is 48.5 Å². The summed E-state index contributed by atoms with van der Waals surface area (Å²) in [6.07, 6.45) is 0.321. The molecule has 1 saturated heterocycles. The van der Waals surface area contributed by atoms with Gasteiger partial charge in [-0.15, -0.1) is 0 Å². The van der Waals surface area contributed by atoms with Gasteiger partial charge in [0.15, 0.2) is 0 Å². The Balaban J connectivity index is 2.21. The monoisotopic (exact) mass is 159 g/mol. The number of likely N-dealkylation sites (N-methyl/N-ethyl adjacent to an activating group) is 1. The maximum Gasteiger partial charge on any atom is 0.0861 e. The van der Waals surface area contributed by atoms with E-state index in [4.69, 9.17) is 9.84 Å². The Labute approximate surface area is 68.0 Å². The van der Waals surface area contributed by atoms with Crippen LogP contribution in [0.5, 0.6) is 0 Å². The number of ether oxygens (including phenoxy) is 1. The van der Waals surface area contributed by atoms with Crippen molar-refractivity contribution in [3.05, 3.63) is 0 Å². The van der Waals surface area contributed by atoms with Gasteiger partial charge in [-0.3, -0.25) is 0 Å². The lowest BCUT2D eigenvalue weighted by Crippen LogP contribution is -2.53. The molecule has 1 N–H and O–H groups in total. The maximum atomic E-state index is 8.89. The number of aliphatic hydroxyl groups is 1. The van der Waals surface area contributed by atoms with Gasteiger partial charge in [0.2, 0.25) is 0 Å².